The largest absolute Gasteiger partial charge is 0.508 e. The second kappa shape index (κ2) is 5.19. The van der Waals surface area contributed by atoms with E-state index in [4.69, 9.17) is 5.11 Å². The van der Waals surface area contributed by atoms with Crippen LogP contribution in [-0.2, 0) is 0 Å². The SMILES string of the molecule is Cc1c(O)cccc1C(=O)NC(C)(C)CCO. The number of aliphatic hydroxyl groups excluding tert-OH is 1. The Balaban J connectivity index is 2.87. The van der Waals surface area contributed by atoms with E-state index in [-0.39, 0.29) is 18.3 Å². The lowest BCUT2D eigenvalue weighted by molar-refractivity contribution is 0.0898. The Morgan fingerprint density at radius 1 is 1.41 bits per heavy atom. The van der Waals surface area contributed by atoms with E-state index in [1.54, 1.807) is 25.1 Å². The number of aliphatic hydroxyl groups is 1. The van der Waals surface area contributed by atoms with Gasteiger partial charge in [0.1, 0.15) is 5.75 Å². The zero-order chi connectivity index (χ0) is 13.1. The van der Waals surface area contributed by atoms with Crippen LogP contribution in [0.1, 0.15) is 36.2 Å². The van der Waals surface area contributed by atoms with Gasteiger partial charge in [0, 0.05) is 23.3 Å². The van der Waals surface area contributed by atoms with Crippen LogP contribution in [0, 0.1) is 6.92 Å². The van der Waals surface area contributed by atoms with E-state index >= 15 is 0 Å². The molecule has 94 valence electrons. The highest BCUT2D eigenvalue weighted by atomic mass is 16.3. The number of carbonyl (C=O) groups is 1. The molecule has 0 aliphatic carbocycles. The molecule has 0 spiro atoms. The van der Waals surface area contributed by atoms with E-state index in [1.165, 1.54) is 0 Å². The quantitative estimate of drug-likeness (QED) is 0.744. The highest BCUT2D eigenvalue weighted by Gasteiger charge is 2.21. The van der Waals surface area contributed by atoms with Crippen LogP contribution in [0.25, 0.3) is 0 Å². The molecule has 1 aromatic carbocycles. The van der Waals surface area contributed by atoms with Gasteiger partial charge in [-0.05, 0) is 39.3 Å². The molecular weight excluding hydrogens is 218 g/mol. The Morgan fingerprint density at radius 2 is 2.06 bits per heavy atom. The summed E-state index contributed by atoms with van der Waals surface area (Å²) in [6.45, 7) is 5.41. The van der Waals surface area contributed by atoms with E-state index in [0.29, 0.717) is 17.5 Å². The number of rotatable bonds is 4. The molecule has 0 radical (unpaired) electrons. The third-order valence-corrected chi connectivity index (χ3v) is 2.74. The van der Waals surface area contributed by atoms with Gasteiger partial charge in [-0.25, -0.2) is 0 Å². The Morgan fingerprint density at radius 3 is 2.65 bits per heavy atom. The van der Waals surface area contributed by atoms with Crippen LogP contribution in [-0.4, -0.2) is 28.3 Å². The van der Waals surface area contributed by atoms with Crippen molar-refractivity contribution in [2.24, 2.45) is 0 Å². The monoisotopic (exact) mass is 237 g/mol. The third kappa shape index (κ3) is 3.46. The first-order valence-electron chi connectivity index (χ1n) is 5.59. The number of benzene rings is 1. The predicted molar refractivity (Wildman–Crippen MR) is 66.1 cm³/mol. The second-order valence-electron chi connectivity index (χ2n) is 4.76. The molecule has 0 aliphatic rings. The fourth-order valence-corrected chi connectivity index (χ4v) is 1.59. The van der Waals surface area contributed by atoms with Crippen LogP contribution in [0.3, 0.4) is 0 Å². The summed E-state index contributed by atoms with van der Waals surface area (Å²) in [7, 11) is 0. The average molecular weight is 237 g/mol. The average Bonchev–Trinajstić information content (AvgIpc) is 2.21. The van der Waals surface area contributed by atoms with Crippen molar-refractivity contribution in [2.45, 2.75) is 32.7 Å². The van der Waals surface area contributed by atoms with Crippen LogP contribution in [0.4, 0.5) is 0 Å². The fraction of sp³-hybridized carbons (Fsp3) is 0.462. The lowest BCUT2D eigenvalue weighted by atomic mass is 9.99. The molecule has 0 heterocycles. The van der Waals surface area contributed by atoms with Crippen molar-refractivity contribution in [1.82, 2.24) is 5.32 Å². The molecule has 3 N–H and O–H groups in total. The first-order valence-corrected chi connectivity index (χ1v) is 5.59. The van der Waals surface area contributed by atoms with Gasteiger partial charge in [-0.3, -0.25) is 4.79 Å². The van der Waals surface area contributed by atoms with Gasteiger partial charge in [-0.1, -0.05) is 6.07 Å². The van der Waals surface area contributed by atoms with E-state index in [1.807, 2.05) is 13.8 Å². The lowest BCUT2D eigenvalue weighted by Crippen LogP contribution is -2.44. The van der Waals surface area contributed by atoms with Crippen molar-refractivity contribution in [3.63, 3.8) is 0 Å². The summed E-state index contributed by atoms with van der Waals surface area (Å²) in [5.74, 6) is -0.130. The van der Waals surface area contributed by atoms with Crippen LogP contribution < -0.4 is 5.32 Å². The standard InChI is InChI=1S/C13H19NO3/c1-9-10(5-4-6-11(9)16)12(17)14-13(2,3)7-8-15/h4-6,15-16H,7-8H2,1-3H3,(H,14,17). The third-order valence-electron chi connectivity index (χ3n) is 2.74. The summed E-state index contributed by atoms with van der Waals surface area (Å²) < 4.78 is 0. The first kappa shape index (κ1) is 13.5. The van der Waals surface area contributed by atoms with Crippen molar-refractivity contribution in [3.8, 4) is 5.75 Å². The molecule has 1 rings (SSSR count). The van der Waals surface area contributed by atoms with E-state index < -0.39 is 5.54 Å². The number of phenols is 1. The van der Waals surface area contributed by atoms with Gasteiger partial charge in [-0.15, -0.1) is 0 Å². The molecule has 1 amide bonds. The topological polar surface area (TPSA) is 69.6 Å². The molecule has 0 saturated carbocycles. The van der Waals surface area contributed by atoms with Crippen LogP contribution in [0.2, 0.25) is 0 Å². The maximum absolute atomic E-state index is 12.0. The summed E-state index contributed by atoms with van der Waals surface area (Å²) >= 11 is 0. The van der Waals surface area contributed by atoms with E-state index in [2.05, 4.69) is 5.32 Å². The minimum Gasteiger partial charge on any atom is -0.508 e. The fourth-order valence-electron chi connectivity index (χ4n) is 1.59. The van der Waals surface area contributed by atoms with Crippen LogP contribution in [0.5, 0.6) is 5.75 Å². The maximum Gasteiger partial charge on any atom is 0.252 e. The number of amides is 1. The van der Waals surface area contributed by atoms with Crippen LogP contribution in [0.15, 0.2) is 18.2 Å². The van der Waals surface area contributed by atoms with Gasteiger partial charge in [0.25, 0.3) is 5.91 Å². The predicted octanol–water partition coefficient (Wildman–Crippen LogP) is 1.59. The van der Waals surface area contributed by atoms with Crippen molar-refractivity contribution in [1.29, 1.82) is 0 Å². The smallest absolute Gasteiger partial charge is 0.252 e. The van der Waals surface area contributed by atoms with Gasteiger partial charge < -0.3 is 15.5 Å². The van der Waals surface area contributed by atoms with Crippen molar-refractivity contribution < 1.29 is 15.0 Å². The highest BCUT2D eigenvalue weighted by molar-refractivity contribution is 5.96. The zero-order valence-electron chi connectivity index (χ0n) is 10.4. The summed E-state index contributed by atoms with van der Waals surface area (Å²) in [5.41, 5.74) is 0.546. The first-order chi connectivity index (χ1) is 7.87. The van der Waals surface area contributed by atoms with Crippen molar-refractivity contribution in [2.75, 3.05) is 6.61 Å². The summed E-state index contributed by atoms with van der Waals surface area (Å²) in [5, 5.41) is 21.3. The minimum absolute atomic E-state index is 0.0201. The molecule has 0 aromatic heterocycles. The highest BCUT2D eigenvalue weighted by Crippen LogP contribution is 2.20. The van der Waals surface area contributed by atoms with E-state index in [9.17, 15) is 9.90 Å². The summed E-state index contributed by atoms with van der Waals surface area (Å²) in [6, 6.07) is 4.85. The van der Waals surface area contributed by atoms with Gasteiger partial charge >= 0.3 is 0 Å². The van der Waals surface area contributed by atoms with Crippen molar-refractivity contribution in [3.05, 3.63) is 29.3 Å². The number of aromatic hydroxyl groups is 1. The van der Waals surface area contributed by atoms with Gasteiger partial charge in [0.05, 0.1) is 0 Å². The lowest BCUT2D eigenvalue weighted by Gasteiger charge is -2.25. The normalized spacial score (nSPS) is 11.3. The number of hydrogen-bond acceptors (Lipinski definition) is 3. The molecule has 0 atom stereocenters. The second-order valence-corrected chi connectivity index (χ2v) is 4.76. The number of phenolic OH excluding ortho intramolecular Hbond substituents is 1. The van der Waals surface area contributed by atoms with Crippen molar-refractivity contribution >= 4 is 5.91 Å². The number of carbonyl (C=O) groups excluding carboxylic acids is 1. The molecule has 0 fully saturated rings. The number of hydrogen-bond donors (Lipinski definition) is 3. The van der Waals surface area contributed by atoms with E-state index in [0.717, 1.165) is 0 Å². The molecule has 4 nitrogen and oxygen atoms in total. The van der Waals surface area contributed by atoms with Gasteiger partial charge in [0.15, 0.2) is 0 Å². The summed E-state index contributed by atoms with van der Waals surface area (Å²) in [6.07, 6.45) is 0.483. The Hall–Kier alpha value is -1.55. The van der Waals surface area contributed by atoms with Gasteiger partial charge in [-0.2, -0.15) is 0 Å². The molecule has 4 heteroatoms. The molecule has 0 unspecified atom stereocenters. The Labute approximate surface area is 101 Å². The minimum atomic E-state index is -0.469. The molecule has 0 aliphatic heterocycles. The summed E-state index contributed by atoms with van der Waals surface area (Å²) in [4.78, 5) is 12.0. The Kier molecular flexibility index (Phi) is 4.12. The molecule has 17 heavy (non-hydrogen) atoms. The zero-order valence-corrected chi connectivity index (χ0v) is 10.4. The van der Waals surface area contributed by atoms with Gasteiger partial charge in [0.2, 0.25) is 0 Å². The molecular formula is C13H19NO3. The molecule has 0 bridgehead atoms. The number of nitrogens with one attached hydrogen (secondary N) is 1. The Bertz CT molecular complexity index is 413. The maximum atomic E-state index is 12.0. The molecule has 1 aromatic rings. The van der Waals surface area contributed by atoms with Crippen LogP contribution >= 0.6 is 0 Å². The molecule has 0 saturated heterocycles.